The van der Waals surface area contributed by atoms with Crippen LogP contribution in [0, 0.1) is 5.41 Å². The Balaban J connectivity index is 2.03. The second-order valence-electron chi connectivity index (χ2n) is 5.88. The van der Waals surface area contributed by atoms with Crippen molar-refractivity contribution in [2.75, 3.05) is 20.2 Å². The summed E-state index contributed by atoms with van der Waals surface area (Å²) in [7, 11) is 1.65. The highest BCUT2D eigenvalue weighted by Gasteiger charge is 2.38. The van der Waals surface area contributed by atoms with Crippen LogP contribution in [0.25, 0.3) is 0 Å². The zero-order valence-corrected chi connectivity index (χ0v) is 13.2. The van der Waals surface area contributed by atoms with E-state index in [0.29, 0.717) is 0 Å². The minimum absolute atomic E-state index is 0.00811. The topological polar surface area (TPSA) is 50.4 Å². The molecule has 1 heterocycles. The molecule has 21 heavy (non-hydrogen) atoms. The molecular weight excluding hydrogens is 264 g/mol. The molecular formula is C17H26N2O2. The third-order valence-corrected chi connectivity index (χ3v) is 4.59. The molecule has 116 valence electrons. The van der Waals surface area contributed by atoms with Crippen LogP contribution in [0.1, 0.15) is 44.7 Å². The minimum Gasteiger partial charge on any atom is -0.497 e. The molecule has 0 spiro atoms. The predicted octanol–water partition coefficient (Wildman–Crippen LogP) is 2.65. The van der Waals surface area contributed by atoms with Gasteiger partial charge in [0.1, 0.15) is 5.75 Å². The van der Waals surface area contributed by atoms with Gasteiger partial charge in [-0.15, -0.1) is 0 Å². The van der Waals surface area contributed by atoms with Gasteiger partial charge in [0.15, 0.2) is 0 Å². The van der Waals surface area contributed by atoms with Crippen molar-refractivity contribution in [2.24, 2.45) is 5.41 Å². The molecule has 2 unspecified atom stereocenters. The third-order valence-electron chi connectivity index (χ3n) is 4.59. The van der Waals surface area contributed by atoms with Crippen molar-refractivity contribution >= 4 is 5.91 Å². The number of hydrogen-bond donors (Lipinski definition) is 2. The molecule has 1 aliphatic heterocycles. The van der Waals surface area contributed by atoms with E-state index in [-0.39, 0.29) is 17.4 Å². The fourth-order valence-corrected chi connectivity index (χ4v) is 2.95. The summed E-state index contributed by atoms with van der Waals surface area (Å²) < 4.78 is 5.16. The van der Waals surface area contributed by atoms with Gasteiger partial charge in [-0.3, -0.25) is 4.79 Å². The molecule has 2 N–H and O–H groups in total. The number of carbonyl (C=O) groups is 1. The van der Waals surface area contributed by atoms with E-state index >= 15 is 0 Å². The van der Waals surface area contributed by atoms with Crippen molar-refractivity contribution < 1.29 is 9.53 Å². The summed E-state index contributed by atoms with van der Waals surface area (Å²) in [5.74, 6) is 0.999. The van der Waals surface area contributed by atoms with Crippen molar-refractivity contribution in [3.05, 3.63) is 29.8 Å². The lowest BCUT2D eigenvalue weighted by atomic mass is 9.77. The Morgan fingerprint density at radius 2 is 2.14 bits per heavy atom. The van der Waals surface area contributed by atoms with Crippen LogP contribution in [0.15, 0.2) is 24.3 Å². The van der Waals surface area contributed by atoms with Crippen LogP contribution >= 0.6 is 0 Å². The molecule has 1 aromatic carbocycles. The van der Waals surface area contributed by atoms with E-state index in [0.717, 1.165) is 43.7 Å². The molecule has 0 bridgehead atoms. The van der Waals surface area contributed by atoms with Crippen LogP contribution in [-0.2, 0) is 4.79 Å². The highest BCUT2D eigenvalue weighted by atomic mass is 16.5. The lowest BCUT2D eigenvalue weighted by Crippen LogP contribution is -2.50. The lowest BCUT2D eigenvalue weighted by molar-refractivity contribution is -0.133. The first-order valence-corrected chi connectivity index (χ1v) is 7.77. The van der Waals surface area contributed by atoms with Gasteiger partial charge < -0.3 is 15.4 Å². The number of hydrogen-bond acceptors (Lipinski definition) is 3. The maximum absolute atomic E-state index is 12.7. The van der Waals surface area contributed by atoms with E-state index in [9.17, 15) is 4.79 Å². The monoisotopic (exact) mass is 290 g/mol. The SMILES string of the molecule is CCC1(C(=O)NC(C)c2ccc(OC)cc2)CCCNC1. The molecule has 0 aromatic heterocycles. The number of benzene rings is 1. The summed E-state index contributed by atoms with van der Waals surface area (Å²) in [6.45, 7) is 5.93. The van der Waals surface area contributed by atoms with E-state index in [1.54, 1.807) is 7.11 Å². The van der Waals surface area contributed by atoms with Crippen molar-refractivity contribution in [1.82, 2.24) is 10.6 Å². The van der Waals surface area contributed by atoms with Gasteiger partial charge in [0, 0.05) is 6.54 Å². The third kappa shape index (κ3) is 3.56. The summed E-state index contributed by atoms with van der Waals surface area (Å²) in [6, 6.07) is 7.86. The normalized spacial score (nSPS) is 23.4. The van der Waals surface area contributed by atoms with Gasteiger partial charge >= 0.3 is 0 Å². The van der Waals surface area contributed by atoms with Crippen LogP contribution in [-0.4, -0.2) is 26.1 Å². The molecule has 1 amide bonds. The zero-order chi connectivity index (χ0) is 15.3. The fraction of sp³-hybridized carbons (Fsp3) is 0.588. The molecule has 0 radical (unpaired) electrons. The van der Waals surface area contributed by atoms with Crippen LogP contribution in [0.2, 0.25) is 0 Å². The summed E-state index contributed by atoms with van der Waals surface area (Å²) >= 11 is 0. The number of rotatable bonds is 5. The van der Waals surface area contributed by atoms with Crippen molar-refractivity contribution in [3.8, 4) is 5.75 Å². The number of ether oxygens (including phenoxy) is 1. The largest absolute Gasteiger partial charge is 0.497 e. The predicted molar refractivity (Wildman–Crippen MR) is 84.4 cm³/mol. The van der Waals surface area contributed by atoms with Gasteiger partial charge in [-0.25, -0.2) is 0 Å². The molecule has 1 fully saturated rings. The summed E-state index contributed by atoms with van der Waals surface area (Å²) in [6.07, 6.45) is 2.91. The van der Waals surface area contributed by atoms with Crippen LogP contribution in [0.4, 0.5) is 0 Å². The average Bonchev–Trinajstić information content (AvgIpc) is 2.55. The molecule has 0 saturated carbocycles. The van der Waals surface area contributed by atoms with E-state index in [1.165, 1.54) is 0 Å². The lowest BCUT2D eigenvalue weighted by Gasteiger charge is -2.36. The molecule has 1 saturated heterocycles. The highest BCUT2D eigenvalue weighted by molar-refractivity contribution is 5.83. The van der Waals surface area contributed by atoms with E-state index < -0.39 is 0 Å². The van der Waals surface area contributed by atoms with Gasteiger partial charge in [-0.2, -0.15) is 0 Å². The van der Waals surface area contributed by atoms with Gasteiger partial charge in [-0.05, 0) is 50.4 Å². The summed E-state index contributed by atoms with van der Waals surface area (Å²) in [4.78, 5) is 12.7. The Morgan fingerprint density at radius 3 is 2.67 bits per heavy atom. The van der Waals surface area contributed by atoms with Crippen molar-refractivity contribution in [3.63, 3.8) is 0 Å². The maximum atomic E-state index is 12.7. The molecule has 1 aliphatic rings. The Hall–Kier alpha value is -1.55. The number of piperidine rings is 1. The van der Waals surface area contributed by atoms with Gasteiger partial charge in [0.05, 0.1) is 18.6 Å². The van der Waals surface area contributed by atoms with Gasteiger partial charge in [0.2, 0.25) is 5.91 Å². The minimum atomic E-state index is -0.251. The number of amides is 1. The van der Waals surface area contributed by atoms with Crippen molar-refractivity contribution in [1.29, 1.82) is 0 Å². The number of carbonyl (C=O) groups excluding carboxylic acids is 1. The Labute approximate surface area is 127 Å². The zero-order valence-electron chi connectivity index (χ0n) is 13.2. The van der Waals surface area contributed by atoms with E-state index in [2.05, 4.69) is 17.6 Å². The van der Waals surface area contributed by atoms with E-state index in [4.69, 9.17) is 4.74 Å². The molecule has 4 heteroatoms. The first-order valence-electron chi connectivity index (χ1n) is 7.77. The standard InChI is InChI=1S/C17H26N2O2/c1-4-17(10-5-11-18-12-17)16(20)19-13(2)14-6-8-15(21-3)9-7-14/h6-9,13,18H,4-5,10-12H2,1-3H3,(H,19,20). The molecule has 2 atom stereocenters. The van der Waals surface area contributed by atoms with E-state index in [1.807, 2.05) is 31.2 Å². The second-order valence-corrected chi connectivity index (χ2v) is 5.88. The Bertz CT molecular complexity index is 464. The fourth-order valence-electron chi connectivity index (χ4n) is 2.95. The smallest absolute Gasteiger partial charge is 0.227 e. The molecule has 4 nitrogen and oxygen atoms in total. The summed E-state index contributed by atoms with van der Waals surface area (Å²) in [5, 5.41) is 6.53. The average molecular weight is 290 g/mol. The Morgan fingerprint density at radius 1 is 1.43 bits per heavy atom. The van der Waals surface area contributed by atoms with Gasteiger partial charge in [0.25, 0.3) is 0 Å². The second kappa shape index (κ2) is 6.94. The Kier molecular flexibility index (Phi) is 5.23. The molecule has 0 aliphatic carbocycles. The summed E-state index contributed by atoms with van der Waals surface area (Å²) in [5.41, 5.74) is 0.845. The first kappa shape index (κ1) is 15.8. The van der Waals surface area contributed by atoms with Crippen LogP contribution in [0.3, 0.4) is 0 Å². The number of methoxy groups -OCH3 is 1. The van der Waals surface area contributed by atoms with Crippen LogP contribution in [0.5, 0.6) is 5.75 Å². The molecule has 1 aromatic rings. The number of nitrogens with one attached hydrogen (secondary N) is 2. The first-order chi connectivity index (χ1) is 10.1. The van der Waals surface area contributed by atoms with Crippen LogP contribution < -0.4 is 15.4 Å². The maximum Gasteiger partial charge on any atom is 0.227 e. The van der Waals surface area contributed by atoms with Crippen molar-refractivity contribution in [2.45, 2.75) is 39.2 Å². The quantitative estimate of drug-likeness (QED) is 0.876. The van der Waals surface area contributed by atoms with Gasteiger partial charge in [-0.1, -0.05) is 19.1 Å². The molecule has 2 rings (SSSR count). The highest BCUT2D eigenvalue weighted by Crippen LogP contribution is 2.31.